The molecule has 0 aliphatic heterocycles. The fourth-order valence-corrected chi connectivity index (χ4v) is 2.28. The first-order valence-electron chi connectivity index (χ1n) is 6.34. The zero-order valence-corrected chi connectivity index (χ0v) is 11.8. The van der Waals surface area contributed by atoms with Crippen molar-refractivity contribution in [3.05, 3.63) is 58.4 Å². The maximum absolute atomic E-state index is 13.4. The zero-order chi connectivity index (χ0) is 14.0. The number of rotatable bonds is 3. The van der Waals surface area contributed by atoms with Crippen LogP contribution in [0, 0.1) is 12.7 Å². The summed E-state index contributed by atoms with van der Waals surface area (Å²) in [7, 11) is 0. The fraction of sp³-hybridized carbons (Fsp3) is 0.250. The first-order valence-corrected chi connectivity index (χ1v) is 6.72. The Kier molecular flexibility index (Phi) is 4.23. The van der Waals surface area contributed by atoms with Crippen molar-refractivity contribution in [2.45, 2.75) is 26.3 Å². The lowest BCUT2D eigenvalue weighted by molar-refractivity contribution is 0.619. The molecule has 3 heteroatoms. The van der Waals surface area contributed by atoms with Gasteiger partial charge in [0.1, 0.15) is 5.82 Å². The molecule has 100 valence electrons. The minimum atomic E-state index is -0.279. The largest absolute Gasteiger partial charge is 0.324 e. The molecule has 0 spiro atoms. The maximum atomic E-state index is 13.4. The van der Waals surface area contributed by atoms with E-state index in [1.807, 2.05) is 24.3 Å². The molecule has 0 aromatic heterocycles. The van der Waals surface area contributed by atoms with Gasteiger partial charge in [-0.1, -0.05) is 42.8 Å². The van der Waals surface area contributed by atoms with Gasteiger partial charge in [0, 0.05) is 11.6 Å². The Morgan fingerprint density at radius 1 is 1.21 bits per heavy atom. The minimum Gasteiger partial charge on any atom is -0.324 e. The van der Waals surface area contributed by atoms with Gasteiger partial charge in [0.2, 0.25) is 0 Å². The summed E-state index contributed by atoms with van der Waals surface area (Å²) in [6.45, 7) is 3.79. The van der Waals surface area contributed by atoms with Gasteiger partial charge < -0.3 is 5.73 Å². The molecule has 0 saturated heterocycles. The van der Waals surface area contributed by atoms with Crippen molar-refractivity contribution in [3.63, 3.8) is 0 Å². The van der Waals surface area contributed by atoms with E-state index >= 15 is 0 Å². The monoisotopic (exact) mass is 277 g/mol. The summed E-state index contributed by atoms with van der Waals surface area (Å²) in [5.74, 6) is -0.279. The molecule has 2 aromatic rings. The van der Waals surface area contributed by atoms with Crippen molar-refractivity contribution < 1.29 is 4.39 Å². The standard InChI is InChI=1S/C16H17ClFN/c1-3-16(19)12-6-4-11(5-7-12)13-8-10(2)15(18)9-14(13)17/h4-9,16H,3,19H2,1-2H3. The van der Waals surface area contributed by atoms with Gasteiger partial charge in [-0.15, -0.1) is 0 Å². The van der Waals surface area contributed by atoms with E-state index in [-0.39, 0.29) is 11.9 Å². The van der Waals surface area contributed by atoms with Gasteiger partial charge in [-0.2, -0.15) is 0 Å². The average molecular weight is 278 g/mol. The average Bonchev–Trinajstić information content (AvgIpc) is 2.42. The predicted octanol–water partition coefficient (Wildman–Crippen LogP) is 4.86. The van der Waals surface area contributed by atoms with Crippen LogP contribution in [0.25, 0.3) is 11.1 Å². The van der Waals surface area contributed by atoms with Crippen LogP contribution in [0.4, 0.5) is 4.39 Å². The van der Waals surface area contributed by atoms with E-state index in [4.69, 9.17) is 17.3 Å². The second-order valence-corrected chi connectivity index (χ2v) is 5.13. The molecule has 0 aliphatic rings. The highest BCUT2D eigenvalue weighted by molar-refractivity contribution is 6.33. The van der Waals surface area contributed by atoms with Gasteiger partial charge in [0.05, 0.1) is 5.02 Å². The van der Waals surface area contributed by atoms with Crippen LogP contribution in [0.1, 0.15) is 30.5 Å². The Hall–Kier alpha value is -1.38. The Labute approximate surface area is 118 Å². The number of hydrogen-bond acceptors (Lipinski definition) is 1. The lowest BCUT2D eigenvalue weighted by Gasteiger charge is -2.11. The molecule has 0 fully saturated rings. The van der Waals surface area contributed by atoms with E-state index in [1.165, 1.54) is 6.07 Å². The first kappa shape index (κ1) is 14.0. The Bertz CT molecular complexity index is 578. The topological polar surface area (TPSA) is 26.0 Å². The van der Waals surface area contributed by atoms with Gasteiger partial charge in [0.25, 0.3) is 0 Å². The first-order chi connectivity index (χ1) is 9.02. The van der Waals surface area contributed by atoms with Crippen LogP contribution in [0.5, 0.6) is 0 Å². The van der Waals surface area contributed by atoms with Crippen LogP contribution < -0.4 is 5.73 Å². The Morgan fingerprint density at radius 3 is 2.42 bits per heavy atom. The van der Waals surface area contributed by atoms with E-state index in [2.05, 4.69) is 6.92 Å². The molecule has 0 radical (unpaired) electrons. The van der Waals surface area contributed by atoms with Crippen molar-refractivity contribution >= 4 is 11.6 Å². The lowest BCUT2D eigenvalue weighted by Crippen LogP contribution is -2.08. The highest BCUT2D eigenvalue weighted by atomic mass is 35.5. The number of aryl methyl sites for hydroxylation is 1. The third-order valence-electron chi connectivity index (χ3n) is 3.34. The SMILES string of the molecule is CCC(N)c1ccc(-c2cc(C)c(F)cc2Cl)cc1. The highest BCUT2D eigenvalue weighted by Crippen LogP contribution is 2.31. The van der Waals surface area contributed by atoms with Crippen molar-refractivity contribution in [1.29, 1.82) is 0 Å². The Balaban J connectivity index is 2.40. The third-order valence-corrected chi connectivity index (χ3v) is 3.65. The molecule has 1 atom stereocenters. The number of benzene rings is 2. The second-order valence-electron chi connectivity index (χ2n) is 4.72. The number of hydrogen-bond donors (Lipinski definition) is 1. The minimum absolute atomic E-state index is 0.0551. The summed E-state index contributed by atoms with van der Waals surface area (Å²) in [6.07, 6.45) is 0.899. The van der Waals surface area contributed by atoms with Gasteiger partial charge >= 0.3 is 0 Å². The van der Waals surface area contributed by atoms with Crippen LogP contribution in [-0.4, -0.2) is 0 Å². The predicted molar refractivity (Wildman–Crippen MR) is 78.8 cm³/mol. The van der Waals surface area contributed by atoms with Crippen molar-refractivity contribution in [1.82, 2.24) is 0 Å². The molecule has 2 rings (SSSR count). The normalized spacial score (nSPS) is 12.5. The van der Waals surface area contributed by atoms with E-state index < -0.39 is 0 Å². The van der Waals surface area contributed by atoms with E-state index in [0.29, 0.717) is 10.6 Å². The lowest BCUT2D eigenvalue weighted by atomic mass is 9.99. The smallest absolute Gasteiger partial charge is 0.127 e. The Morgan fingerprint density at radius 2 is 1.84 bits per heavy atom. The van der Waals surface area contributed by atoms with Crippen molar-refractivity contribution in [2.24, 2.45) is 5.73 Å². The van der Waals surface area contributed by atoms with Gasteiger partial charge in [0.15, 0.2) is 0 Å². The van der Waals surface area contributed by atoms with Crippen LogP contribution in [0.3, 0.4) is 0 Å². The molecule has 1 unspecified atom stereocenters. The molecule has 0 saturated carbocycles. The third kappa shape index (κ3) is 2.96. The maximum Gasteiger partial charge on any atom is 0.127 e. The molecule has 1 nitrogen and oxygen atoms in total. The number of halogens is 2. The van der Waals surface area contributed by atoms with Crippen LogP contribution in [0.2, 0.25) is 5.02 Å². The van der Waals surface area contributed by atoms with Gasteiger partial charge in [-0.25, -0.2) is 4.39 Å². The summed E-state index contributed by atoms with van der Waals surface area (Å²) < 4.78 is 13.4. The molecule has 0 bridgehead atoms. The van der Waals surface area contributed by atoms with Crippen molar-refractivity contribution in [2.75, 3.05) is 0 Å². The van der Waals surface area contributed by atoms with E-state index in [1.54, 1.807) is 13.0 Å². The zero-order valence-electron chi connectivity index (χ0n) is 11.1. The quantitative estimate of drug-likeness (QED) is 0.851. The van der Waals surface area contributed by atoms with E-state index in [9.17, 15) is 4.39 Å². The molecule has 0 amide bonds. The highest BCUT2D eigenvalue weighted by Gasteiger charge is 2.09. The molecule has 0 aliphatic carbocycles. The van der Waals surface area contributed by atoms with E-state index in [0.717, 1.165) is 23.1 Å². The van der Waals surface area contributed by atoms with Crippen LogP contribution >= 0.6 is 11.6 Å². The summed E-state index contributed by atoms with van der Waals surface area (Å²) >= 11 is 6.10. The summed E-state index contributed by atoms with van der Waals surface area (Å²) in [5, 5.41) is 0.427. The summed E-state index contributed by atoms with van der Waals surface area (Å²) in [4.78, 5) is 0. The molecule has 2 N–H and O–H groups in total. The van der Waals surface area contributed by atoms with Crippen LogP contribution in [0.15, 0.2) is 36.4 Å². The summed E-state index contributed by atoms with van der Waals surface area (Å²) in [5.41, 5.74) is 9.49. The molecule has 0 heterocycles. The molecular formula is C16H17ClFN. The molecule has 2 aromatic carbocycles. The van der Waals surface area contributed by atoms with Crippen LogP contribution in [-0.2, 0) is 0 Å². The summed E-state index contributed by atoms with van der Waals surface area (Å²) in [6, 6.07) is 11.1. The van der Waals surface area contributed by atoms with Gasteiger partial charge in [-0.05, 0) is 42.2 Å². The molecule has 19 heavy (non-hydrogen) atoms. The molecular weight excluding hydrogens is 261 g/mol. The number of nitrogens with two attached hydrogens (primary N) is 1. The second kappa shape index (κ2) is 5.72. The fourth-order valence-electron chi connectivity index (χ4n) is 2.02. The van der Waals surface area contributed by atoms with Crippen molar-refractivity contribution in [3.8, 4) is 11.1 Å². The van der Waals surface area contributed by atoms with Gasteiger partial charge in [-0.3, -0.25) is 0 Å².